The van der Waals surface area contributed by atoms with Crippen molar-refractivity contribution in [2.75, 3.05) is 11.9 Å². The number of anilines is 1. The van der Waals surface area contributed by atoms with Crippen molar-refractivity contribution in [1.82, 2.24) is 9.55 Å². The second kappa shape index (κ2) is 10.7. The van der Waals surface area contributed by atoms with Gasteiger partial charge in [0.25, 0.3) is 5.56 Å². The van der Waals surface area contributed by atoms with Gasteiger partial charge in [0.15, 0.2) is 0 Å². The van der Waals surface area contributed by atoms with Gasteiger partial charge >= 0.3 is 6.09 Å². The molecule has 1 aromatic heterocycles. The molecule has 0 spiro atoms. The van der Waals surface area contributed by atoms with E-state index in [-0.39, 0.29) is 12.2 Å². The molecule has 3 aromatic carbocycles. The zero-order chi connectivity index (χ0) is 23.0. The summed E-state index contributed by atoms with van der Waals surface area (Å²) in [4.78, 5) is 29.4. The quantitative estimate of drug-likeness (QED) is 0.360. The molecule has 168 valence electrons. The van der Waals surface area contributed by atoms with Gasteiger partial charge in [0.1, 0.15) is 12.4 Å². The average Bonchev–Trinajstić information content (AvgIpc) is 2.84. The van der Waals surface area contributed by atoms with Gasteiger partial charge in [0.2, 0.25) is 0 Å². The standard InChI is InChI=1S/C25H22ClN3O4/c26-21-9-4-5-10-23(21)32-14-6-13-29-17-27-22-12-11-19(15-20(22)24(29)30)28-25(31)33-16-18-7-2-1-3-8-18/h1-5,7-12,15,17H,6,13-14,16H2,(H,28,31). The first-order valence-electron chi connectivity index (χ1n) is 10.4. The summed E-state index contributed by atoms with van der Waals surface area (Å²) in [6.45, 7) is 0.997. The number of fused-ring (bicyclic) bond motifs is 1. The minimum absolute atomic E-state index is 0.158. The summed E-state index contributed by atoms with van der Waals surface area (Å²) in [7, 11) is 0. The Hall–Kier alpha value is -3.84. The summed E-state index contributed by atoms with van der Waals surface area (Å²) in [5, 5.41) is 3.61. The molecule has 1 heterocycles. The van der Waals surface area contributed by atoms with Crippen LogP contribution >= 0.6 is 11.6 Å². The number of benzene rings is 3. The predicted octanol–water partition coefficient (Wildman–Crippen LogP) is 5.27. The van der Waals surface area contributed by atoms with Crippen LogP contribution in [0.5, 0.6) is 5.75 Å². The third-order valence-corrected chi connectivity index (χ3v) is 5.23. The largest absolute Gasteiger partial charge is 0.492 e. The lowest BCUT2D eigenvalue weighted by atomic mass is 10.2. The number of hydrogen-bond acceptors (Lipinski definition) is 5. The number of carbonyl (C=O) groups excluding carboxylic acids is 1. The maximum atomic E-state index is 12.9. The van der Waals surface area contributed by atoms with Gasteiger partial charge in [0, 0.05) is 12.2 Å². The first-order valence-corrected chi connectivity index (χ1v) is 10.8. The maximum Gasteiger partial charge on any atom is 0.411 e. The minimum atomic E-state index is -0.598. The fraction of sp³-hybridized carbons (Fsp3) is 0.160. The molecular weight excluding hydrogens is 442 g/mol. The van der Waals surface area contributed by atoms with E-state index in [1.807, 2.05) is 42.5 Å². The molecule has 0 aliphatic heterocycles. The van der Waals surface area contributed by atoms with Crippen LogP contribution in [0.15, 0.2) is 83.9 Å². The van der Waals surface area contributed by atoms with E-state index in [2.05, 4.69) is 10.3 Å². The first-order chi connectivity index (χ1) is 16.1. The molecule has 0 aliphatic carbocycles. The molecule has 8 heteroatoms. The highest BCUT2D eigenvalue weighted by Crippen LogP contribution is 2.23. The molecule has 4 rings (SSSR count). The summed E-state index contributed by atoms with van der Waals surface area (Å²) in [5.41, 5.74) is 1.70. The van der Waals surface area contributed by atoms with Crippen molar-refractivity contribution in [1.29, 1.82) is 0 Å². The van der Waals surface area contributed by atoms with Crippen LogP contribution in [0.1, 0.15) is 12.0 Å². The van der Waals surface area contributed by atoms with Gasteiger partial charge in [0.05, 0.1) is 28.9 Å². The van der Waals surface area contributed by atoms with E-state index in [4.69, 9.17) is 21.1 Å². The highest BCUT2D eigenvalue weighted by atomic mass is 35.5. The highest BCUT2D eigenvalue weighted by molar-refractivity contribution is 6.32. The van der Waals surface area contributed by atoms with Crippen molar-refractivity contribution < 1.29 is 14.3 Å². The molecule has 0 radical (unpaired) electrons. The molecule has 33 heavy (non-hydrogen) atoms. The smallest absolute Gasteiger partial charge is 0.411 e. The third-order valence-electron chi connectivity index (χ3n) is 4.92. The monoisotopic (exact) mass is 463 g/mol. The molecule has 1 amide bonds. The van der Waals surface area contributed by atoms with Gasteiger partial charge in [-0.1, -0.05) is 54.1 Å². The molecule has 7 nitrogen and oxygen atoms in total. The summed E-state index contributed by atoms with van der Waals surface area (Å²) < 4.78 is 12.4. The fourth-order valence-electron chi connectivity index (χ4n) is 3.25. The van der Waals surface area contributed by atoms with Crippen molar-refractivity contribution in [3.05, 3.63) is 100 Å². The Morgan fingerprint density at radius 3 is 2.64 bits per heavy atom. The van der Waals surface area contributed by atoms with Gasteiger partial charge in [-0.2, -0.15) is 0 Å². The number of rotatable bonds is 8. The van der Waals surface area contributed by atoms with Crippen LogP contribution in [0.4, 0.5) is 10.5 Å². The van der Waals surface area contributed by atoms with E-state index in [0.717, 1.165) is 5.56 Å². The van der Waals surface area contributed by atoms with E-state index < -0.39 is 6.09 Å². The molecule has 4 aromatic rings. The van der Waals surface area contributed by atoms with Gasteiger partial charge < -0.3 is 9.47 Å². The van der Waals surface area contributed by atoms with Crippen LogP contribution in [0, 0.1) is 0 Å². The summed E-state index contributed by atoms with van der Waals surface area (Å²) in [6, 6.07) is 21.6. The summed E-state index contributed by atoms with van der Waals surface area (Å²) >= 11 is 6.08. The Morgan fingerprint density at radius 2 is 1.82 bits per heavy atom. The number of aryl methyl sites for hydroxylation is 1. The Bertz CT molecular complexity index is 1310. The second-order valence-electron chi connectivity index (χ2n) is 7.29. The fourth-order valence-corrected chi connectivity index (χ4v) is 3.44. The molecule has 0 saturated heterocycles. The van der Waals surface area contributed by atoms with E-state index in [1.165, 1.54) is 10.9 Å². The predicted molar refractivity (Wildman–Crippen MR) is 128 cm³/mol. The summed E-state index contributed by atoms with van der Waals surface area (Å²) in [6.07, 6.45) is 1.52. The number of hydrogen-bond donors (Lipinski definition) is 1. The van der Waals surface area contributed by atoms with E-state index in [9.17, 15) is 9.59 Å². The van der Waals surface area contributed by atoms with Gasteiger partial charge in [-0.3, -0.25) is 14.7 Å². The van der Waals surface area contributed by atoms with Crippen molar-refractivity contribution in [3.8, 4) is 5.75 Å². The van der Waals surface area contributed by atoms with Crippen LogP contribution in [0.2, 0.25) is 5.02 Å². The van der Waals surface area contributed by atoms with Crippen molar-refractivity contribution >= 4 is 34.3 Å². The number of nitrogens with zero attached hydrogens (tertiary/aromatic N) is 2. The number of carbonyl (C=O) groups is 1. The lowest BCUT2D eigenvalue weighted by molar-refractivity contribution is 0.155. The molecule has 0 aliphatic rings. The number of amides is 1. The Labute approximate surface area is 195 Å². The average molecular weight is 464 g/mol. The number of halogens is 1. The summed E-state index contributed by atoms with van der Waals surface area (Å²) in [5.74, 6) is 0.609. The molecular formula is C25H22ClN3O4. The molecule has 0 fully saturated rings. The molecule has 1 N–H and O–H groups in total. The molecule has 0 unspecified atom stereocenters. The normalized spacial score (nSPS) is 10.7. The van der Waals surface area contributed by atoms with E-state index in [0.29, 0.717) is 46.9 Å². The van der Waals surface area contributed by atoms with Crippen LogP contribution in [0.3, 0.4) is 0 Å². The SMILES string of the molecule is O=C(Nc1ccc2ncn(CCCOc3ccccc3Cl)c(=O)c2c1)OCc1ccccc1. The van der Waals surface area contributed by atoms with Crippen LogP contribution < -0.4 is 15.6 Å². The zero-order valence-corrected chi connectivity index (χ0v) is 18.5. The topological polar surface area (TPSA) is 82.5 Å². The lowest BCUT2D eigenvalue weighted by Gasteiger charge is -2.10. The Morgan fingerprint density at radius 1 is 1.03 bits per heavy atom. The number of para-hydroxylation sites is 1. The van der Waals surface area contributed by atoms with E-state index >= 15 is 0 Å². The number of ether oxygens (including phenoxy) is 2. The van der Waals surface area contributed by atoms with Crippen LogP contribution in [0.25, 0.3) is 10.9 Å². The number of aromatic nitrogens is 2. The number of nitrogens with one attached hydrogen (secondary N) is 1. The molecule has 0 atom stereocenters. The molecule has 0 bridgehead atoms. The maximum absolute atomic E-state index is 12.9. The molecule has 0 saturated carbocycles. The van der Waals surface area contributed by atoms with Gasteiger partial charge in [-0.15, -0.1) is 0 Å². The first kappa shape index (κ1) is 22.4. The second-order valence-corrected chi connectivity index (χ2v) is 7.70. The zero-order valence-electron chi connectivity index (χ0n) is 17.7. The van der Waals surface area contributed by atoms with E-state index in [1.54, 1.807) is 30.3 Å². The third kappa shape index (κ3) is 5.90. The Kier molecular flexibility index (Phi) is 7.22. The van der Waals surface area contributed by atoms with Crippen LogP contribution in [-0.4, -0.2) is 22.3 Å². The highest BCUT2D eigenvalue weighted by Gasteiger charge is 2.09. The van der Waals surface area contributed by atoms with Crippen LogP contribution in [-0.2, 0) is 17.9 Å². The van der Waals surface area contributed by atoms with Gasteiger partial charge in [-0.05, 0) is 42.3 Å². The van der Waals surface area contributed by atoms with Crippen molar-refractivity contribution in [2.24, 2.45) is 0 Å². The minimum Gasteiger partial charge on any atom is -0.492 e. The Balaban J connectivity index is 1.37. The van der Waals surface area contributed by atoms with Gasteiger partial charge in [-0.25, -0.2) is 9.78 Å². The lowest BCUT2D eigenvalue weighted by Crippen LogP contribution is -2.22. The van der Waals surface area contributed by atoms with Crippen molar-refractivity contribution in [3.63, 3.8) is 0 Å². The van der Waals surface area contributed by atoms with Crippen molar-refractivity contribution in [2.45, 2.75) is 19.6 Å².